The zero-order valence-electron chi connectivity index (χ0n) is 11.1. The molecule has 0 aliphatic heterocycles. The van der Waals surface area contributed by atoms with Crippen molar-refractivity contribution in [3.63, 3.8) is 0 Å². The van der Waals surface area contributed by atoms with Gasteiger partial charge in [0.15, 0.2) is 0 Å². The minimum Gasteiger partial charge on any atom is -0.291 e. The molecule has 6 nitrogen and oxygen atoms in total. The van der Waals surface area contributed by atoms with Crippen molar-refractivity contribution in [1.82, 2.24) is 15.0 Å². The first kappa shape index (κ1) is 15.3. The summed E-state index contributed by atoms with van der Waals surface area (Å²) < 4.78 is 15.5. The van der Waals surface area contributed by atoms with Gasteiger partial charge in [-0.05, 0) is 41.1 Å². The number of nitrogen functional groups attached to an aromatic ring is 1. The van der Waals surface area contributed by atoms with Gasteiger partial charge in [-0.1, -0.05) is 0 Å². The Kier molecular flexibility index (Phi) is 4.49. The van der Waals surface area contributed by atoms with E-state index in [-0.39, 0.29) is 27.7 Å². The fourth-order valence-corrected chi connectivity index (χ4v) is 2.14. The molecule has 2 rings (SSSR count). The number of benzene rings is 1. The van der Waals surface area contributed by atoms with Crippen molar-refractivity contribution in [2.24, 2.45) is 5.84 Å². The topological polar surface area (TPSA) is 90.0 Å². The quantitative estimate of drug-likeness (QED) is 0.490. The zero-order valence-corrected chi connectivity index (χ0v) is 12.6. The maximum Gasteiger partial charge on any atom is 0.268 e. The van der Waals surface area contributed by atoms with Gasteiger partial charge in [-0.3, -0.25) is 19.6 Å². The van der Waals surface area contributed by atoms with E-state index in [1.54, 1.807) is 6.92 Å². The number of nitrogens with one attached hydrogen (secondary N) is 1. The number of aromatic nitrogens is 2. The second-order valence-electron chi connectivity index (χ2n) is 4.32. The molecule has 21 heavy (non-hydrogen) atoms. The molecule has 8 heteroatoms. The van der Waals surface area contributed by atoms with Crippen LogP contribution in [0.1, 0.15) is 21.7 Å². The molecule has 0 bridgehead atoms. The van der Waals surface area contributed by atoms with Crippen LogP contribution in [0.4, 0.5) is 4.39 Å². The van der Waals surface area contributed by atoms with E-state index in [2.05, 4.69) is 20.9 Å². The Morgan fingerprint density at radius 2 is 2.24 bits per heavy atom. The van der Waals surface area contributed by atoms with Gasteiger partial charge in [0.1, 0.15) is 16.1 Å². The molecule has 0 spiro atoms. The number of carbonyl (C=O) groups is 1. The second kappa shape index (κ2) is 6.15. The smallest absolute Gasteiger partial charge is 0.268 e. The van der Waals surface area contributed by atoms with Gasteiger partial charge in [-0.15, -0.1) is 0 Å². The molecule has 2 aromatic rings. The molecule has 0 saturated heterocycles. The van der Waals surface area contributed by atoms with Crippen LogP contribution in [0.3, 0.4) is 0 Å². The fraction of sp³-hybridized carbons (Fsp3) is 0.154. The highest BCUT2D eigenvalue weighted by atomic mass is 79.9. The first-order valence-electron chi connectivity index (χ1n) is 5.95. The van der Waals surface area contributed by atoms with Crippen molar-refractivity contribution in [3.8, 4) is 0 Å². The Labute approximate surface area is 127 Å². The summed E-state index contributed by atoms with van der Waals surface area (Å²) in [4.78, 5) is 27.5. The molecule has 0 fully saturated rings. The molecule has 1 heterocycles. The summed E-state index contributed by atoms with van der Waals surface area (Å²) in [6.45, 7) is 1.61. The molecule has 3 N–H and O–H groups in total. The Morgan fingerprint density at radius 1 is 1.52 bits per heavy atom. The number of rotatable bonds is 3. The highest BCUT2D eigenvalue weighted by Crippen LogP contribution is 2.13. The van der Waals surface area contributed by atoms with E-state index in [9.17, 15) is 14.0 Å². The third-order valence-corrected chi connectivity index (χ3v) is 3.52. The average molecular weight is 355 g/mol. The number of carbonyl (C=O) groups excluding carboxylic acids is 1. The van der Waals surface area contributed by atoms with Gasteiger partial charge in [0.2, 0.25) is 0 Å². The second-order valence-corrected chi connectivity index (χ2v) is 5.18. The van der Waals surface area contributed by atoms with Crippen LogP contribution in [0.25, 0.3) is 0 Å². The number of hydrazine groups is 1. The van der Waals surface area contributed by atoms with Crippen molar-refractivity contribution >= 4 is 21.8 Å². The predicted octanol–water partition coefficient (Wildman–Crippen LogP) is 1.11. The van der Waals surface area contributed by atoms with Crippen molar-refractivity contribution in [2.45, 2.75) is 13.5 Å². The lowest BCUT2D eigenvalue weighted by Crippen LogP contribution is -2.30. The maximum absolute atomic E-state index is 13.9. The highest BCUT2D eigenvalue weighted by Gasteiger charge is 2.12. The van der Waals surface area contributed by atoms with E-state index in [4.69, 9.17) is 5.84 Å². The lowest BCUT2D eigenvalue weighted by Gasteiger charge is -2.11. The number of amides is 1. The van der Waals surface area contributed by atoms with E-state index >= 15 is 0 Å². The van der Waals surface area contributed by atoms with Crippen molar-refractivity contribution < 1.29 is 9.18 Å². The molecule has 0 unspecified atom stereocenters. The van der Waals surface area contributed by atoms with Gasteiger partial charge in [-0.25, -0.2) is 15.2 Å². The highest BCUT2D eigenvalue weighted by molar-refractivity contribution is 9.10. The molecular weight excluding hydrogens is 343 g/mol. The monoisotopic (exact) mass is 354 g/mol. The van der Waals surface area contributed by atoms with E-state index < -0.39 is 11.7 Å². The number of hydrogen-bond donors (Lipinski definition) is 2. The van der Waals surface area contributed by atoms with Crippen molar-refractivity contribution in [3.05, 3.63) is 62.0 Å². The molecule has 1 aromatic heterocycles. The number of aryl methyl sites for hydroxylation is 1. The first-order chi connectivity index (χ1) is 9.93. The summed E-state index contributed by atoms with van der Waals surface area (Å²) in [7, 11) is 0. The molecular formula is C13H12BrFN4O2. The number of hydrogen-bond acceptors (Lipinski definition) is 4. The van der Waals surface area contributed by atoms with Crippen LogP contribution < -0.4 is 16.8 Å². The molecule has 0 atom stereocenters. The van der Waals surface area contributed by atoms with E-state index in [0.29, 0.717) is 5.82 Å². The summed E-state index contributed by atoms with van der Waals surface area (Å²) in [5.74, 6) is 4.44. The maximum atomic E-state index is 13.9. The van der Waals surface area contributed by atoms with Crippen molar-refractivity contribution in [1.29, 1.82) is 0 Å². The number of nitrogens with two attached hydrogens (primary N) is 1. The summed E-state index contributed by atoms with van der Waals surface area (Å²) in [6.07, 6.45) is 1.39. The Hall–Kier alpha value is -2.06. The molecule has 1 aromatic carbocycles. The third-order valence-electron chi connectivity index (χ3n) is 2.97. The van der Waals surface area contributed by atoms with Crippen LogP contribution in [-0.2, 0) is 6.54 Å². The van der Waals surface area contributed by atoms with Gasteiger partial charge < -0.3 is 0 Å². The molecule has 110 valence electrons. The van der Waals surface area contributed by atoms with Gasteiger partial charge in [0.25, 0.3) is 11.5 Å². The standard InChI is InChI=1S/C13H12BrFN4O2/c1-7-17-5-10(14)13(21)19(7)6-9-4-8(12(20)18-16)2-3-11(9)15/h2-5H,6,16H2,1H3,(H,18,20). The molecule has 0 saturated carbocycles. The molecule has 0 radical (unpaired) electrons. The first-order valence-corrected chi connectivity index (χ1v) is 6.74. The third kappa shape index (κ3) is 3.17. The lowest BCUT2D eigenvalue weighted by atomic mass is 10.1. The zero-order chi connectivity index (χ0) is 15.6. The number of halogens is 2. The molecule has 0 aliphatic rings. The van der Waals surface area contributed by atoms with Crippen LogP contribution in [0.15, 0.2) is 33.7 Å². The molecule has 1 amide bonds. The molecule has 0 aliphatic carbocycles. The van der Waals surface area contributed by atoms with Crippen molar-refractivity contribution in [2.75, 3.05) is 0 Å². The summed E-state index contributed by atoms with van der Waals surface area (Å²) in [5, 5.41) is 0. The summed E-state index contributed by atoms with van der Waals surface area (Å²) >= 11 is 3.09. The van der Waals surface area contributed by atoms with Crippen LogP contribution in [0.5, 0.6) is 0 Å². The Bertz CT molecular complexity index is 760. The Balaban J connectivity index is 2.47. The summed E-state index contributed by atoms with van der Waals surface area (Å²) in [6, 6.07) is 3.83. The van der Waals surface area contributed by atoms with Gasteiger partial charge in [0.05, 0.1) is 6.54 Å². The van der Waals surface area contributed by atoms with Gasteiger partial charge in [0, 0.05) is 17.3 Å². The van der Waals surface area contributed by atoms with Crippen LogP contribution in [0.2, 0.25) is 0 Å². The predicted molar refractivity (Wildman–Crippen MR) is 78.1 cm³/mol. The van der Waals surface area contributed by atoms with Crippen LogP contribution >= 0.6 is 15.9 Å². The van der Waals surface area contributed by atoms with Crippen LogP contribution in [-0.4, -0.2) is 15.5 Å². The SMILES string of the molecule is Cc1ncc(Br)c(=O)n1Cc1cc(C(=O)NN)ccc1F. The van der Waals surface area contributed by atoms with E-state index in [1.165, 1.54) is 22.9 Å². The largest absolute Gasteiger partial charge is 0.291 e. The Morgan fingerprint density at radius 3 is 2.90 bits per heavy atom. The average Bonchev–Trinajstić information content (AvgIpc) is 2.48. The number of nitrogens with zero attached hydrogens (tertiary/aromatic N) is 2. The van der Waals surface area contributed by atoms with E-state index in [0.717, 1.165) is 6.07 Å². The van der Waals surface area contributed by atoms with Crippen LogP contribution in [0, 0.1) is 12.7 Å². The van der Waals surface area contributed by atoms with Gasteiger partial charge >= 0.3 is 0 Å². The van der Waals surface area contributed by atoms with Gasteiger partial charge in [-0.2, -0.15) is 0 Å². The normalized spacial score (nSPS) is 10.5. The minimum absolute atomic E-state index is 0.0331. The lowest BCUT2D eigenvalue weighted by molar-refractivity contribution is 0.0953. The fourth-order valence-electron chi connectivity index (χ4n) is 1.83. The minimum atomic E-state index is -0.535. The van der Waals surface area contributed by atoms with E-state index in [1.807, 2.05) is 5.43 Å². The summed E-state index contributed by atoms with van der Waals surface area (Å²) in [5.41, 5.74) is 2.06.